The summed E-state index contributed by atoms with van der Waals surface area (Å²) in [4.78, 5) is 15.5. The molecule has 148 valence electrons. The van der Waals surface area contributed by atoms with Crippen LogP contribution in [0, 0.1) is 5.39 Å². The molecule has 2 aromatic rings. The number of amides is 1. The summed E-state index contributed by atoms with van der Waals surface area (Å²) in [6.45, 7) is 4.49. The molecular weight excluding hydrogens is 478 g/mol. The number of hydrogen-bond donors (Lipinski definition) is 1. The number of nitrogens with zero attached hydrogens (tertiary/aromatic N) is 2. The normalized spacial score (nSPS) is 8.82. The molecule has 2 aromatic carbocycles. The van der Waals surface area contributed by atoms with Gasteiger partial charge in [-0.1, -0.05) is 30.3 Å². The van der Waals surface area contributed by atoms with Gasteiger partial charge in [0.1, 0.15) is 0 Å². The molecule has 0 spiro atoms. The second kappa shape index (κ2) is 15.4. The zero-order valence-corrected chi connectivity index (χ0v) is 20.9. The Hall–Kier alpha value is -1.58. The molecule has 0 aliphatic heterocycles. The third kappa shape index (κ3) is 9.08. The summed E-state index contributed by atoms with van der Waals surface area (Å²) >= 11 is -0.931. The summed E-state index contributed by atoms with van der Waals surface area (Å²) in [6, 6.07) is 12.6. The summed E-state index contributed by atoms with van der Waals surface area (Å²) < 4.78 is 11.0. The van der Waals surface area contributed by atoms with Crippen molar-refractivity contribution >= 4 is 36.7 Å². The first-order valence-electron chi connectivity index (χ1n) is 8.33. The summed E-state index contributed by atoms with van der Waals surface area (Å²) in [5.41, 5.74) is 1.65. The average molecular weight is 498 g/mol. The third-order valence-electron chi connectivity index (χ3n) is 3.25. The molecule has 28 heavy (non-hydrogen) atoms. The van der Waals surface area contributed by atoms with Gasteiger partial charge in [0, 0.05) is 6.07 Å². The molecule has 0 saturated heterocycles. The van der Waals surface area contributed by atoms with Crippen molar-refractivity contribution in [3.05, 3.63) is 53.0 Å². The summed E-state index contributed by atoms with van der Waals surface area (Å²) in [7, 11) is 9.90. The van der Waals surface area contributed by atoms with Crippen LogP contribution in [-0.2, 0) is 26.4 Å². The fourth-order valence-corrected chi connectivity index (χ4v) is 2.25. The van der Waals surface area contributed by atoms with Crippen LogP contribution in [0.4, 0.5) is 11.4 Å². The Morgan fingerprint density at radius 1 is 1.11 bits per heavy atom. The second-order valence-electron chi connectivity index (χ2n) is 5.09. The molecular formula is C18H20Cl3N3O3Zn. The number of carbonyl (C=O) groups excluding carboxylic acids is 1. The minimum absolute atomic E-state index is 0. The first-order valence-corrected chi connectivity index (χ1v) is 16.1. The van der Waals surface area contributed by atoms with Crippen molar-refractivity contribution in [1.29, 1.82) is 5.39 Å². The van der Waals surface area contributed by atoms with E-state index in [0.717, 1.165) is 5.56 Å². The van der Waals surface area contributed by atoms with E-state index in [4.69, 9.17) is 34.2 Å². The Bertz CT molecular complexity index is 774. The van der Waals surface area contributed by atoms with Crippen LogP contribution in [0.1, 0.15) is 19.4 Å². The summed E-state index contributed by atoms with van der Waals surface area (Å²) in [5.74, 6) is 0.631. The predicted molar refractivity (Wildman–Crippen MR) is 104 cm³/mol. The van der Waals surface area contributed by atoms with E-state index >= 15 is 0 Å². The molecule has 0 aliphatic rings. The minimum atomic E-state index is -0.931. The second-order valence-corrected chi connectivity index (χ2v) is 9.72. The van der Waals surface area contributed by atoms with E-state index in [1.54, 1.807) is 6.07 Å². The van der Waals surface area contributed by atoms with E-state index in [0.29, 0.717) is 30.4 Å². The molecule has 6 nitrogen and oxygen atoms in total. The first kappa shape index (κ1) is 26.4. The number of halogens is 3. The average Bonchev–Trinajstić information content (AvgIpc) is 2.65. The number of hydrogen-bond acceptors (Lipinski definition) is 4. The van der Waals surface area contributed by atoms with Crippen LogP contribution in [0.5, 0.6) is 11.5 Å². The van der Waals surface area contributed by atoms with Gasteiger partial charge in [0.2, 0.25) is 17.0 Å². The van der Waals surface area contributed by atoms with E-state index in [1.807, 2.05) is 44.2 Å². The Morgan fingerprint density at radius 2 is 1.68 bits per heavy atom. The van der Waals surface area contributed by atoms with Crippen molar-refractivity contribution in [3.63, 3.8) is 0 Å². The number of benzene rings is 2. The van der Waals surface area contributed by atoms with Crippen LogP contribution in [-0.4, -0.2) is 19.1 Å². The van der Waals surface area contributed by atoms with Gasteiger partial charge in [0.05, 0.1) is 31.4 Å². The number of ether oxygens (including phenoxy) is 2. The summed E-state index contributed by atoms with van der Waals surface area (Å²) in [5, 5.41) is 11.9. The predicted octanol–water partition coefficient (Wildman–Crippen LogP) is 2.53. The molecule has 0 aromatic heterocycles. The molecule has 0 atom stereocenters. The van der Waals surface area contributed by atoms with Gasteiger partial charge in [-0.25, -0.2) is 0 Å². The van der Waals surface area contributed by atoms with Crippen molar-refractivity contribution in [2.75, 3.05) is 18.5 Å². The van der Waals surface area contributed by atoms with Gasteiger partial charge in [0.25, 0.3) is 0 Å². The first-order chi connectivity index (χ1) is 13.1. The van der Waals surface area contributed by atoms with Gasteiger partial charge in [-0.3, -0.25) is 4.79 Å². The molecule has 0 fully saturated rings. The molecule has 0 aliphatic carbocycles. The van der Waals surface area contributed by atoms with E-state index in [9.17, 15) is 4.79 Å². The van der Waals surface area contributed by atoms with Gasteiger partial charge in [0.15, 0.2) is 10.7 Å². The standard InChI is InChI=1S/C18H19N3O3.3ClH.Zn/c1-3-23-16-12-15(21-19)17(24-4-2)11-14(16)20-18(22)10-13-8-6-5-7-9-13;;;;/h5-9,11-12H,3-4,10H2,1-2H3;3*1H;/q;;;;+2/p-2. The van der Waals surface area contributed by atoms with Gasteiger partial charge >= 0.3 is 40.2 Å². The molecule has 0 unspecified atom stereocenters. The number of nitrogens with one attached hydrogen (secondary N) is 1. The zero-order chi connectivity index (χ0) is 20.1. The quantitative estimate of drug-likeness (QED) is 0.471. The van der Waals surface area contributed by atoms with Crippen LogP contribution >= 0.6 is 19.4 Å². The van der Waals surface area contributed by atoms with Crippen LogP contribution in [0.2, 0.25) is 0 Å². The van der Waals surface area contributed by atoms with Crippen molar-refractivity contribution < 1.29 is 41.8 Å². The zero-order valence-electron chi connectivity index (χ0n) is 15.6. The van der Waals surface area contributed by atoms with Crippen LogP contribution in [0.15, 0.2) is 42.5 Å². The van der Waals surface area contributed by atoms with E-state index in [2.05, 4.69) is 10.3 Å². The van der Waals surface area contributed by atoms with Crippen molar-refractivity contribution in [2.24, 2.45) is 0 Å². The molecule has 0 heterocycles. The number of carbonyl (C=O) groups is 1. The topological polar surface area (TPSA) is 75.7 Å². The number of rotatable bonds is 7. The molecule has 0 saturated carbocycles. The Morgan fingerprint density at radius 3 is 2.21 bits per heavy atom. The molecule has 0 bridgehead atoms. The van der Waals surface area contributed by atoms with Crippen LogP contribution in [0.3, 0.4) is 0 Å². The fraction of sp³-hybridized carbons (Fsp3) is 0.278. The van der Waals surface area contributed by atoms with Gasteiger partial charge in [-0.2, -0.15) is 0 Å². The molecule has 1 N–H and O–H groups in total. The van der Waals surface area contributed by atoms with E-state index < -0.39 is 15.1 Å². The van der Waals surface area contributed by atoms with Gasteiger partial charge < -0.3 is 27.2 Å². The van der Waals surface area contributed by atoms with Crippen molar-refractivity contribution in [2.45, 2.75) is 20.3 Å². The Kier molecular flexibility index (Phi) is 14.5. The van der Waals surface area contributed by atoms with E-state index in [-0.39, 0.29) is 30.4 Å². The number of anilines is 1. The van der Waals surface area contributed by atoms with Crippen LogP contribution < -0.4 is 27.2 Å². The SMILES string of the molecule is CCOc1cc(NC(=O)Cc2ccccc2)c(OCC)cc1[N+]#N.[Cl-].[Cl][Zn][Cl]. The molecule has 0 radical (unpaired) electrons. The van der Waals surface area contributed by atoms with Crippen molar-refractivity contribution in [3.8, 4) is 11.5 Å². The maximum atomic E-state index is 12.3. The Balaban J connectivity index is 0.00000171. The number of diazo groups is 1. The molecule has 2 rings (SSSR count). The maximum absolute atomic E-state index is 12.3. The van der Waals surface area contributed by atoms with E-state index in [1.165, 1.54) is 6.07 Å². The Labute approximate surface area is 186 Å². The third-order valence-corrected chi connectivity index (χ3v) is 3.25. The summed E-state index contributed by atoms with van der Waals surface area (Å²) in [6.07, 6.45) is 0.252. The molecule has 1 amide bonds. The van der Waals surface area contributed by atoms with Gasteiger partial charge in [-0.15, -0.1) is 0 Å². The molecule has 10 heteroatoms. The fourth-order valence-electron chi connectivity index (χ4n) is 2.25. The van der Waals surface area contributed by atoms with Crippen molar-refractivity contribution in [1.82, 2.24) is 0 Å². The van der Waals surface area contributed by atoms with Crippen LogP contribution in [0.25, 0.3) is 4.98 Å². The monoisotopic (exact) mass is 495 g/mol. The van der Waals surface area contributed by atoms with Gasteiger partial charge in [-0.05, 0) is 19.4 Å².